The minimum Gasteiger partial charge on any atom is -0.398 e. The van der Waals surface area contributed by atoms with E-state index >= 15 is 0 Å². The smallest absolute Gasteiger partial charge is 0.260 e. The second-order valence-electron chi connectivity index (χ2n) is 4.59. The van der Waals surface area contributed by atoms with Gasteiger partial charge in [-0.3, -0.25) is 4.98 Å². The summed E-state index contributed by atoms with van der Waals surface area (Å²) in [7, 11) is 0. The van der Waals surface area contributed by atoms with Crippen LogP contribution in [-0.4, -0.2) is 15.1 Å². The van der Waals surface area contributed by atoms with E-state index in [4.69, 9.17) is 10.3 Å². The first-order valence-corrected chi connectivity index (χ1v) is 6.31. The second-order valence-corrected chi connectivity index (χ2v) is 4.59. The number of rotatable bonds is 3. The van der Waals surface area contributed by atoms with Gasteiger partial charge in [0.25, 0.3) is 5.89 Å². The summed E-state index contributed by atoms with van der Waals surface area (Å²) in [4.78, 5) is 8.40. The predicted octanol–water partition coefficient (Wildman–Crippen LogP) is 2.61. The van der Waals surface area contributed by atoms with E-state index in [1.165, 1.54) is 0 Å². The van der Waals surface area contributed by atoms with Crippen LogP contribution in [0.2, 0.25) is 0 Å². The Morgan fingerprint density at radius 3 is 2.70 bits per heavy atom. The number of pyridine rings is 1. The van der Waals surface area contributed by atoms with Gasteiger partial charge >= 0.3 is 0 Å². The van der Waals surface area contributed by atoms with E-state index in [1.54, 1.807) is 12.4 Å². The lowest BCUT2D eigenvalue weighted by Gasteiger charge is -2.03. The normalized spacial score (nSPS) is 10.7. The molecule has 0 aliphatic heterocycles. The zero-order valence-electron chi connectivity index (χ0n) is 11.1. The number of anilines is 1. The number of benzene rings is 1. The number of hydrogen-bond donors (Lipinski definition) is 1. The van der Waals surface area contributed by atoms with Crippen molar-refractivity contribution in [2.75, 3.05) is 5.73 Å². The van der Waals surface area contributed by atoms with Crippen molar-refractivity contribution in [3.8, 4) is 11.5 Å². The number of aromatic nitrogens is 3. The Morgan fingerprint density at radius 2 is 1.95 bits per heavy atom. The van der Waals surface area contributed by atoms with E-state index in [0.29, 0.717) is 23.8 Å². The molecule has 2 N–H and O–H groups in total. The van der Waals surface area contributed by atoms with Gasteiger partial charge in [0.1, 0.15) is 0 Å². The first-order chi connectivity index (χ1) is 9.74. The van der Waals surface area contributed by atoms with E-state index < -0.39 is 0 Å². The third-order valence-electron chi connectivity index (χ3n) is 3.10. The summed E-state index contributed by atoms with van der Waals surface area (Å²) in [5.74, 6) is 1.10. The van der Waals surface area contributed by atoms with E-state index in [-0.39, 0.29) is 0 Å². The maximum atomic E-state index is 5.98. The van der Waals surface area contributed by atoms with Gasteiger partial charge in [-0.05, 0) is 36.2 Å². The van der Waals surface area contributed by atoms with Crippen LogP contribution in [0.25, 0.3) is 11.5 Å². The van der Waals surface area contributed by atoms with Gasteiger partial charge in [0.15, 0.2) is 5.82 Å². The Bertz CT molecular complexity index is 701. The molecular formula is C15H14N4O. The molecule has 0 atom stereocenters. The number of nitrogens with zero attached hydrogens (tertiary/aromatic N) is 3. The van der Waals surface area contributed by atoms with Crippen LogP contribution in [0, 0.1) is 6.92 Å². The molecule has 2 aromatic heterocycles. The zero-order valence-corrected chi connectivity index (χ0v) is 11.1. The third kappa shape index (κ3) is 2.38. The summed E-state index contributed by atoms with van der Waals surface area (Å²) in [6.45, 7) is 1.97. The van der Waals surface area contributed by atoms with Crippen LogP contribution < -0.4 is 5.73 Å². The van der Waals surface area contributed by atoms with Crippen molar-refractivity contribution in [3.05, 3.63) is 59.7 Å². The summed E-state index contributed by atoms with van der Waals surface area (Å²) in [6.07, 6.45) is 4.10. The molecule has 0 saturated heterocycles. The van der Waals surface area contributed by atoms with Gasteiger partial charge in [0.05, 0.1) is 5.56 Å². The van der Waals surface area contributed by atoms with Crippen LogP contribution >= 0.6 is 0 Å². The Labute approximate surface area is 116 Å². The third-order valence-corrected chi connectivity index (χ3v) is 3.10. The van der Waals surface area contributed by atoms with Gasteiger partial charge < -0.3 is 10.3 Å². The molecule has 0 aliphatic carbocycles. The Morgan fingerprint density at radius 1 is 1.15 bits per heavy atom. The minimum absolute atomic E-state index is 0.463. The molecule has 0 unspecified atom stereocenters. The molecule has 0 bridgehead atoms. The molecule has 0 radical (unpaired) electrons. The Kier molecular flexibility index (Phi) is 3.16. The van der Waals surface area contributed by atoms with E-state index in [0.717, 1.165) is 16.7 Å². The standard InChI is InChI=1S/C15H14N4O/c1-10-3-2-4-12(16)14(10)15-18-13(19-20-15)9-11-5-7-17-8-6-11/h2-8H,9,16H2,1H3. The zero-order chi connectivity index (χ0) is 13.9. The summed E-state index contributed by atoms with van der Waals surface area (Å²) in [6, 6.07) is 9.56. The molecule has 0 aliphatic rings. The summed E-state index contributed by atoms with van der Waals surface area (Å²) in [5.41, 5.74) is 9.53. The van der Waals surface area contributed by atoms with Crippen LogP contribution in [0.5, 0.6) is 0 Å². The van der Waals surface area contributed by atoms with Gasteiger partial charge in [0, 0.05) is 24.5 Å². The highest BCUT2D eigenvalue weighted by Gasteiger charge is 2.14. The number of aryl methyl sites for hydroxylation is 1. The molecule has 100 valence electrons. The molecule has 0 amide bonds. The Hall–Kier alpha value is -2.69. The molecule has 3 aromatic rings. The maximum absolute atomic E-state index is 5.98. The molecule has 0 fully saturated rings. The van der Waals surface area contributed by atoms with Gasteiger partial charge in [0.2, 0.25) is 0 Å². The molecule has 5 nitrogen and oxygen atoms in total. The predicted molar refractivity (Wildman–Crippen MR) is 75.9 cm³/mol. The van der Waals surface area contributed by atoms with E-state index in [2.05, 4.69) is 15.1 Å². The quantitative estimate of drug-likeness (QED) is 0.737. The van der Waals surface area contributed by atoms with Gasteiger partial charge in [-0.1, -0.05) is 17.3 Å². The Balaban J connectivity index is 1.91. The fourth-order valence-electron chi connectivity index (χ4n) is 2.09. The average Bonchev–Trinajstić information content (AvgIpc) is 2.88. The first-order valence-electron chi connectivity index (χ1n) is 6.31. The molecule has 3 rings (SSSR count). The van der Waals surface area contributed by atoms with Crippen molar-refractivity contribution in [2.45, 2.75) is 13.3 Å². The SMILES string of the molecule is Cc1cccc(N)c1-c1nc(Cc2ccncc2)no1. The van der Waals surface area contributed by atoms with Crippen LogP contribution in [0.1, 0.15) is 17.0 Å². The lowest BCUT2D eigenvalue weighted by Crippen LogP contribution is -1.94. The lowest BCUT2D eigenvalue weighted by molar-refractivity contribution is 0.424. The molecule has 0 saturated carbocycles. The average molecular weight is 266 g/mol. The molecule has 2 heterocycles. The summed E-state index contributed by atoms with van der Waals surface area (Å²) < 4.78 is 5.33. The topological polar surface area (TPSA) is 77.8 Å². The van der Waals surface area contributed by atoms with Crippen molar-refractivity contribution in [2.24, 2.45) is 0 Å². The van der Waals surface area contributed by atoms with Crippen LogP contribution in [-0.2, 0) is 6.42 Å². The first kappa shape index (κ1) is 12.3. The largest absolute Gasteiger partial charge is 0.398 e. The molecular weight excluding hydrogens is 252 g/mol. The summed E-state index contributed by atoms with van der Waals surface area (Å²) in [5, 5.41) is 4.01. The van der Waals surface area contributed by atoms with Crippen molar-refractivity contribution < 1.29 is 4.52 Å². The molecule has 5 heteroatoms. The van der Waals surface area contributed by atoms with Crippen molar-refractivity contribution >= 4 is 5.69 Å². The number of hydrogen-bond acceptors (Lipinski definition) is 5. The number of nitrogen functional groups attached to an aromatic ring is 1. The summed E-state index contributed by atoms with van der Waals surface area (Å²) >= 11 is 0. The maximum Gasteiger partial charge on any atom is 0.260 e. The van der Waals surface area contributed by atoms with Gasteiger partial charge in [-0.15, -0.1) is 0 Å². The van der Waals surface area contributed by atoms with Crippen molar-refractivity contribution in [3.63, 3.8) is 0 Å². The molecule has 0 spiro atoms. The minimum atomic E-state index is 0.463. The fourth-order valence-corrected chi connectivity index (χ4v) is 2.09. The van der Waals surface area contributed by atoms with E-state index in [1.807, 2.05) is 37.3 Å². The van der Waals surface area contributed by atoms with Crippen LogP contribution in [0.15, 0.2) is 47.2 Å². The number of nitrogens with two attached hydrogens (primary N) is 1. The lowest BCUT2D eigenvalue weighted by atomic mass is 10.1. The van der Waals surface area contributed by atoms with Gasteiger partial charge in [-0.25, -0.2) is 0 Å². The second kappa shape index (κ2) is 5.13. The highest BCUT2D eigenvalue weighted by Crippen LogP contribution is 2.27. The van der Waals surface area contributed by atoms with Crippen molar-refractivity contribution in [1.29, 1.82) is 0 Å². The van der Waals surface area contributed by atoms with Crippen LogP contribution in [0.4, 0.5) is 5.69 Å². The van der Waals surface area contributed by atoms with Crippen LogP contribution in [0.3, 0.4) is 0 Å². The highest BCUT2D eigenvalue weighted by atomic mass is 16.5. The monoisotopic (exact) mass is 266 g/mol. The van der Waals surface area contributed by atoms with E-state index in [9.17, 15) is 0 Å². The fraction of sp³-hybridized carbons (Fsp3) is 0.133. The van der Waals surface area contributed by atoms with Gasteiger partial charge in [-0.2, -0.15) is 4.98 Å². The highest BCUT2D eigenvalue weighted by molar-refractivity contribution is 5.73. The molecule has 20 heavy (non-hydrogen) atoms. The van der Waals surface area contributed by atoms with Crippen molar-refractivity contribution in [1.82, 2.24) is 15.1 Å². The molecule has 1 aromatic carbocycles.